The van der Waals surface area contributed by atoms with Crippen molar-refractivity contribution >= 4 is 15.9 Å². The number of carbonyl (C=O) groups excluding carboxylic acids is 1. The van der Waals surface area contributed by atoms with Crippen molar-refractivity contribution in [2.24, 2.45) is 0 Å². The molecule has 1 saturated carbocycles. The molecule has 0 heterocycles. The molecule has 1 amide bonds. The van der Waals surface area contributed by atoms with Crippen LogP contribution in [0.1, 0.15) is 44.9 Å². The Morgan fingerprint density at radius 2 is 1.64 bits per heavy atom. The average Bonchev–Trinajstić information content (AvgIpc) is 2.88. The molecular formula is C18H29N3O3S. The lowest BCUT2D eigenvalue weighted by Crippen LogP contribution is -2.37. The van der Waals surface area contributed by atoms with Crippen LogP contribution in [-0.4, -0.2) is 40.0 Å². The first kappa shape index (κ1) is 19.9. The van der Waals surface area contributed by atoms with Gasteiger partial charge in [-0.3, -0.25) is 4.79 Å². The third kappa shape index (κ3) is 7.54. The molecule has 0 atom stereocenters. The fourth-order valence-electron chi connectivity index (χ4n) is 3.03. The minimum atomic E-state index is -3.54. The smallest absolute Gasteiger partial charge is 0.240 e. The van der Waals surface area contributed by atoms with E-state index >= 15 is 0 Å². The molecule has 1 aliphatic rings. The van der Waals surface area contributed by atoms with Crippen LogP contribution in [0.5, 0.6) is 0 Å². The number of amides is 1. The SMILES string of the molecule is O=C(CCNS(=O)(=O)c1ccccc1)NCCNC1CCCCCC1. The quantitative estimate of drug-likeness (QED) is 0.459. The van der Waals surface area contributed by atoms with Crippen LogP contribution < -0.4 is 15.4 Å². The molecule has 0 bridgehead atoms. The Morgan fingerprint density at radius 1 is 0.960 bits per heavy atom. The van der Waals surface area contributed by atoms with E-state index in [0.29, 0.717) is 12.6 Å². The summed E-state index contributed by atoms with van der Waals surface area (Å²) in [6.45, 7) is 1.42. The minimum Gasteiger partial charge on any atom is -0.355 e. The highest BCUT2D eigenvalue weighted by atomic mass is 32.2. The maximum atomic E-state index is 12.0. The van der Waals surface area contributed by atoms with E-state index in [9.17, 15) is 13.2 Å². The van der Waals surface area contributed by atoms with Gasteiger partial charge in [-0.15, -0.1) is 0 Å². The van der Waals surface area contributed by atoms with Gasteiger partial charge in [0.2, 0.25) is 15.9 Å². The van der Waals surface area contributed by atoms with Crippen molar-refractivity contribution in [3.05, 3.63) is 30.3 Å². The van der Waals surface area contributed by atoms with E-state index in [1.54, 1.807) is 18.2 Å². The van der Waals surface area contributed by atoms with Crippen molar-refractivity contribution in [3.8, 4) is 0 Å². The van der Waals surface area contributed by atoms with E-state index in [0.717, 1.165) is 6.54 Å². The second kappa shape index (κ2) is 10.5. The topological polar surface area (TPSA) is 87.3 Å². The molecule has 25 heavy (non-hydrogen) atoms. The highest BCUT2D eigenvalue weighted by Gasteiger charge is 2.13. The Bertz CT molecular complexity index is 612. The van der Waals surface area contributed by atoms with E-state index in [1.807, 2.05) is 0 Å². The second-order valence-electron chi connectivity index (χ2n) is 6.45. The van der Waals surface area contributed by atoms with E-state index < -0.39 is 10.0 Å². The molecule has 0 saturated heterocycles. The highest BCUT2D eigenvalue weighted by molar-refractivity contribution is 7.89. The maximum absolute atomic E-state index is 12.0. The van der Waals surface area contributed by atoms with Crippen LogP contribution in [0.4, 0.5) is 0 Å². The van der Waals surface area contributed by atoms with Gasteiger partial charge in [0.25, 0.3) is 0 Å². The predicted octanol–water partition coefficient (Wildman–Crippen LogP) is 1.78. The Kier molecular flexibility index (Phi) is 8.37. The van der Waals surface area contributed by atoms with Gasteiger partial charge in [-0.25, -0.2) is 13.1 Å². The fourth-order valence-corrected chi connectivity index (χ4v) is 4.08. The third-order valence-corrected chi connectivity index (χ3v) is 5.91. The summed E-state index contributed by atoms with van der Waals surface area (Å²) >= 11 is 0. The average molecular weight is 368 g/mol. The lowest BCUT2D eigenvalue weighted by molar-refractivity contribution is -0.120. The van der Waals surface area contributed by atoms with Crippen molar-refractivity contribution < 1.29 is 13.2 Å². The van der Waals surface area contributed by atoms with Gasteiger partial charge in [0, 0.05) is 32.1 Å². The molecule has 1 aliphatic carbocycles. The largest absolute Gasteiger partial charge is 0.355 e. The maximum Gasteiger partial charge on any atom is 0.240 e. The van der Waals surface area contributed by atoms with Crippen molar-refractivity contribution in [2.75, 3.05) is 19.6 Å². The molecule has 140 valence electrons. The number of carbonyl (C=O) groups is 1. The van der Waals surface area contributed by atoms with Gasteiger partial charge in [0.15, 0.2) is 0 Å². The summed E-state index contributed by atoms with van der Waals surface area (Å²) in [5, 5.41) is 6.32. The Morgan fingerprint density at radius 3 is 2.32 bits per heavy atom. The molecule has 1 aromatic carbocycles. The third-order valence-electron chi connectivity index (χ3n) is 4.43. The van der Waals surface area contributed by atoms with Gasteiger partial charge in [0.1, 0.15) is 0 Å². The van der Waals surface area contributed by atoms with Gasteiger partial charge in [-0.2, -0.15) is 0 Å². The van der Waals surface area contributed by atoms with Crippen LogP contribution in [0.25, 0.3) is 0 Å². The molecule has 7 heteroatoms. The predicted molar refractivity (Wildman–Crippen MR) is 98.7 cm³/mol. The first-order valence-electron chi connectivity index (χ1n) is 9.13. The zero-order chi connectivity index (χ0) is 18.0. The van der Waals surface area contributed by atoms with E-state index in [4.69, 9.17) is 0 Å². The van der Waals surface area contributed by atoms with Crippen LogP contribution in [0.3, 0.4) is 0 Å². The monoisotopic (exact) mass is 367 g/mol. The molecule has 1 aromatic rings. The van der Waals surface area contributed by atoms with Crippen molar-refractivity contribution in [3.63, 3.8) is 0 Å². The lowest BCUT2D eigenvalue weighted by atomic mass is 10.1. The van der Waals surface area contributed by atoms with E-state index in [2.05, 4.69) is 15.4 Å². The lowest BCUT2D eigenvalue weighted by Gasteiger charge is -2.16. The van der Waals surface area contributed by atoms with Crippen LogP contribution in [0.2, 0.25) is 0 Å². The number of sulfonamides is 1. The number of benzene rings is 1. The molecule has 2 rings (SSSR count). The van der Waals surface area contributed by atoms with Gasteiger partial charge >= 0.3 is 0 Å². The molecule has 0 aromatic heterocycles. The van der Waals surface area contributed by atoms with Crippen LogP contribution in [0, 0.1) is 0 Å². The van der Waals surface area contributed by atoms with Gasteiger partial charge in [-0.1, -0.05) is 43.9 Å². The fraction of sp³-hybridized carbons (Fsp3) is 0.611. The molecule has 0 unspecified atom stereocenters. The zero-order valence-electron chi connectivity index (χ0n) is 14.7. The number of rotatable bonds is 9. The number of hydrogen-bond acceptors (Lipinski definition) is 4. The number of nitrogens with one attached hydrogen (secondary N) is 3. The zero-order valence-corrected chi connectivity index (χ0v) is 15.5. The molecule has 1 fully saturated rings. The van der Waals surface area contributed by atoms with E-state index in [1.165, 1.54) is 50.7 Å². The summed E-state index contributed by atoms with van der Waals surface area (Å²) in [5.41, 5.74) is 0. The van der Waals surface area contributed by atoms with Crippen molar-refractivity contribution in [1.29, 1.82) is 0 Å². The summed E-state index contributed by atoms with van der Waals surface area (Å²) in [5.74, 6) is -0.140. The minimum absolute atomic E-state index is 0.0963. The molecule has 3 N–H and O–H groups in total. The molecule has 6 nitrogen and oxygen atoms in total. The second-order valence-corrected chi connectivity index (χ2v) is 8.22. The van der Waals surface area contributed by atoms with Crippen LogP contribution in [0.15, 0.2) is 35.2 Å². The van der Waals surface area contributed by atoms with Gasteiger partial charge in [0.05, 0.1) is 4.90 Å². The molecule has 0 spiro atoms. The normalized spacial score (nSPS) is 16.3. The van der Waals surface area contributed by atoms with Crippen LogP contribution in [-0.2, 0) is 14.8 Å². The molecular weight excluding hydrogens is 338 g/mol. The Hall–Kier alpha value is -1.44. The summed E-state index contributed by atoms with van der Waals surface area (Å²) in [7, 11) is -3.54. The van der Waals surface area contributed by atoms with Gasteiger partial charge in [-0.05, 0) is 25.0 Å². The summed E-state index contributed by atoms with van der Waals surface area (Å²) in [6, 6.07) is 8.72. The summed E-state index contributed by atoms with van der Waals surface area (Å²) in [4.78, 5) is 12.0. The van der Waals surface area contributed by atoms with E-state index in [-0.39, 0.29) is 23.8 Å². The number of hydrogen-bond donors (Lipinski definition) is 3. The van der Waals surface area contributed by atoms with Gasteiger partial charge < -0.3 is 10.6 Å². The molecule has 0 radical (unpaired) electrons. The standard InChI is InChI=1S/C18H29N3O3S/c22-18(20-15-14-19-16-8-4-1-2-5-9-16)12-13-21-25(23,24)17-10-6-3-7-11-17/h3,6-7,10-11,16,19,21H,1-2,4-5,8-9,12-15H2,(H,20,22). The van der Waals surface area contributed by atoms with Crippen LogP contribution >= 0.6 is 0 Å². The first-order chi connectivity index (χ1) is 12.1. The summed E-state index contributed by atoms with van der Waals surface area (Å²) in [6.07, 6.45) is 7.79. The van der Waals surface area contributed by atoms with Crippen molar-refractivity contribution in [2.45, 2.75) is 55.9 Å². The highest BCUT2D eigenvalue weighted by Crippen LogP contribution is 2.16. The van der Waals surface area contributed by atoms with Crippen molar-refractivity contribution in [1.82, 2.24) is 15.4 Å². The molecule has 0 aliphatic heterocycles. The first-order valence-corrected chi connectivity index (χ1v) is 10.6. The summed E-state index contributed by atoms with van der Waals surface area (Å²) < 4.78 is 26.5. The Balaban J connectivity index is 1.58. The Labute approximate surface area is 150 Å².